The third kappa shape index (κ3) is 25.4. The number of unbranched alkanes of at least 4 members (excludes halogenated alkanes) is 9. The molecular formula is C58H96N6O6. The number of hydrogen-bond acceptors (Lipinski definition) is 6. The Hall–Kier alpha value is -4.74. The maximum atomic E-state index is 13.4. The van der Waals surface area contributed by atoms with Crippen LogP contribution in [0.15, 0.2) is 36.4 Å². The first-order valence-electron chi connectivity index (χ1n) is 27.9. The normalized spacial score (nSPS) is 12.9. The van der Waals surface area contributed by atoms with Crippen molar-refractivity contribution in [1.29, 1.82) is 0 Å². The maximum Gasteiger partial charge on any atom is 0.251 e. The SMILES string of the molecule is CCCCC(CC)CNC(=O)c1cc(NC(=O)CCCCCCCCC(=O)Nc2cc(C(=O)NCC(CC)CCCC)cc(C(=O)NCC(CC)CCCC)c2)cc(C(=O)NCC(CC)CCCC)c1. The molecule has 0 spiro atoms. The second kappa shape index (κ2) is 37.1. The summed E-state index contributed by atoms with van der Waals surface area (Å²) in [5, 5.41) is 18.2. The van der Waals surface area contributed by atoms with Crippen LogP contribution in [0.25, 0.3) is 0 Å². The summed E-state index contributed by atoms with van der Waals surface area (Å²) in [6.07, 6.45) is 22.4. The number of rotatable bonds is 39. The molecule has 0 radical (unpaired) electrons. The molecule has 0 aliphatic rings. The van der Waals surface area contributed by atoms with Gasteiger partial charge in [-0.05, 0) is 98.6 Å². The summed E-state index contributed by atoms with van der Waals surface area (Å²) < 4.78 is 0. The van der Waals surface area contributed by atoms with Crippen molar-refractivity contribution >= 4 is 46.8 Å². The van der Waals surface area contributed by atoms with Gasteiger partial charge < -0.3 is 31.9 Å². The van der Waals surface area contributed by atoms with Crippen molar-refractivity contribution in [2.75, 3.05) is 36.8 Å². The summed E-state index contributed by atoms with van der Waals surface area (Å²) in [6.45, 7) is 19.4. The van der Waals surface area contributed by atoms with Gasteiger partial charge in [-0.25, -0.2) is 0 Å². The zero-order chi connectivity index (χ0) is 51.5. The first-order chi connectivity index (χ1) is 33.8. The zero-order valence-electron chi connectivity index (χ0n) is 45.0. The van der Waals surface area contributed by atoms with E-state index in [2.05, 4.69) is 87.3 Å². The number of nitrogens with one attached hydrogen (secondary N) is 6. The van der Waals surface area contributed by atoms with E-state index >= 15 is 0 Å². The van der Waals surface area contributed by atoms with Crippen LogP contribution >= 0.6 is 0 Å². The van der Waals surface area contributed by atoms with Gasteiger partial charge in [0.15, 0.2) is 0 Å². The lowest BCUT2D eigenvalue weighted by Gasteiger charge is -2.17. The average molecular weight is 973 g/mol. The number of benzene rings is 2. The number of carbonyl (C=O) groups excluding carboxylic acids is 6. The Morgan fingerprint density at radius 2 is 0.586 bits per heavy atom. The van der Waals surface area contributed by atoms with Crippen molar-refractivity contribution < 1.29 is 28.8 Å². The molecule has 12 heteroatoms. The summed E-state index contributed by atoms with van der Waals surface area (Å²) >= 11 is 0. The Morgan fingerprint density at radius 1 is 0.343 bits per heavy atom. The van der Waals surface area contributed by atoms with Crippen molar-refractivity contribution in [3.8, 4) is 0 Å². The van der Waals surface area contributed by atoms with Gasteiger partial charge in [0.05, 0.1) is 0 Å². The van der Waals surface area contributed by atoms with E-state index in [4.69, 9.17) is 0 Å². The van der Waals surface area contributed by atoms with Crippen LogP contribution in [0, 0.1) is 23.7 Å². The largest absolute Gasteiger partial charge is 0.352 e. The molecular weight excluding hydrogens is 877 g/mol. The monoisotopic (exact) mass is 973 g/mol. The summed E-state index contributed by atoms with van der Waals surface area (Å²) in [5.41, 5.74) is 2.25. The molecule has 6 N–H and O–H groups in total. The molecule has 0 fully saturated rings. The van der Waals surface area contributed by atoms with E-state index in [1.807, 2.05) is 0 Å². The standard InChI is InChI=1S/C58H96N6O6/c1-9-17-27-43(13-5)39-59-55(67)47-33-48(56(68)60-40-44(14-6)28-18-10-2)36-51(35-47)63-53(65)31-25-23-21-22-24-26-32-54(66)64-52-37-49(57(69)61-41-45(15-7)29-19-11-3)34-50(38-52)58(70)62-42-46(16-8)30-20-12-4/h33-38,43-46H,9-32,39-42H2,1-8H3,(H,59,67)(H,60,68)(H,61,69)(H,62,70)(H,63,65)(H,64,66). The molecule has 12 nitrogen and oxygen atoms in total. The minimum Gasteiger partial charge on any atom is -0.352 e. The van der Waals surface area contributed by atoms with Gasteiger partial charge in [-0.2, -0.15) is 0 Å². The predicted octanol–water partition coefficient (Wildman–Crippen LogP) is 13.2. The van der Waals surface area contributed by atoms with Crippen LogP contribution in [0.2, 0.25) is 0 Å². The van der Waals surface area contributed by atoms with E-state index in [1.165, 1.54) is 0 Å². The Morgan fingerprint density at radius 3 is 0.814 bits per heavy atom. The van der Waals surface area contributed by atoms with Crippen LogP contribution in [0.5, 0.6) is 0 Å². The molecule has 70 heavy (non-hydrogen) atoms. The highest BCUT2D eigenvalue weighted by Crippen LogP contribution is 2.21. The highest BCUT2D eigenvalue weighted by Gasteiger charge is 2.19. The minimum absolute atomic E-state index is 0.173. The molecule has 394 valence electrons. The van der Waals surface area contributed by atoms with Gasteiger partial charge in [0.1, 0.15) is 0 Å². The molecule has 0 saturated heterocycles. The molecule has 0 bridgehead atoms. The van der Waals surface area contributed by atoms with Crippen molar-refractivity contribution in [3.05, 3.63) is 58.7 Å². The van der Waals surface area contributed by atoms with E-state index in [9.17, 15) is 28.8 Å². The third-order valence-electron chi connectivity index (χ3n) is 13.9. The first kappa shape index (κ1) is 61.4. The van der Waals surface area contributed by atoms with Gasteiger partial charge >= 0.3 is 0 Å². The third-order valence-corrected chi connectivity index (χ3v) is 13.9. The smallest absolute Gasteiger partial charge is 0.251 e. The zero-order valence-corrected chi connectivity index (χ0v) is 45.0. The summed E-state index contributed by atoms with van der Waals surface area (Å²) in [4.78, 5) is 80.0. The Balaban J connectivity index is 1.97. The molecule has 4 unspecified atom stereocenters. The lowest BCUT2D eigenvalue weighted by molar-refractivity contribution is -0.117. The van der Waals surface area contributed by atoms with Crippen LogP contribution in [-0.4, -0.2) is 61.6 Å². The van der Waals surface area contributed by atoms with Crippen molar-refractivity contribution in [3.63, 3.8) is 0 Å². The second-order valence-electron chi connectivity index (χ2n) is 19.8. The minimum atomic E-state index is -0.258. The Bertz CT molecular complexity index is 1620. The van der Waals surface area contributed by atoms with Gasteiger partial charge in [0.2, 0.25) is 11.8 Å². The molecule has 0 heterocycles. The van der Waals surface area contributed by atoms with E-state index in [0.29, 0.717) is 109 Å². The van der Waals surface area contributed by atoms with Gasteiger partial charge in [-0.15, -0.1) is 0 Å². The van der Waals surface area contributed by atoms with Gasteiger partial charge in [0, 0.05) is 72.6 Å². The fraction of sp³-hybridized carbons (Fsp3) is 0.690. The summed E-state index contributed by atoms with van der Waals surface area (Å²) in [7, 11) is 0. The van der Waals surface area contributed by atoms with E-state index in [1.54, 1.807) is 36.4 Å². The fourth-order valence-electron chi connectivity index (χ4n) is 8.78. The topological polar surface area (TPSA) is 175 Å². The molecule has 2 aromatic rings. The molecule has 2 aromatic carbocycles. The molecule has 6 amide bonds. The lowest BCUT2D eigenvalue weighted by atomic mass is 9.99. The van der Waals surface area contributed by atoms with Crippen molar-refractivity contribution in [1.82, 2.24) is 21.3 Å². The molecule has 0 saturated carbocycles. The van der Waals surface area contributed by atoms with Gasteiger partial charge in [-0.1, -0.05) is 158 Å². The molecule has 0 aliphatic carbocycles. The highest BCUT2D eigenvalue weighted by molar-refractivity contribution is 6.04. The van der Waals surface area contributed by atoms with Crippen LogP contribution in [0.4, 0.5) is 11.4 Å². The Labute approximate surface area is 424 Å². The fourth-order valence-corrected chi connectivity index (χ4v) is 8.78. The van der Waals surface area contributed by atoms with Gasteiger partial charge in [-0.3, -0.25) is 28.8 Å². The van der Waals surface area contributed by atoms with Crippen molar-refractivity contribution in [2.45, 2.75) is 209 Å². The summed E-state index contributed by atoms with van der Waals surface area (Å²) in [6, 6.07) is 9.86. The lowest BCUT2D eigenvalue weighted by Crippen LogP contribution is -2.31. The highest BCUT2D eigenvalue weighted by atomic mass is 16.2. The van der Waals surface area contributed by atoms with Crippen LogP contribution < -0.4 is 31.9 Å². The molecule has 0 aromatic heterocycles. The molecule has 0 aliphatic heterocycles. The number of hydrogen-bond donors (Lipinski definition) is 6. The second-order valence-corrected chi connectivity index (χ2v) is 19.8. The number of anilines is 2. The number of carbonyl (C=O) groups is 6. The Kier molecular flexibility index (Phi) is 32.5. The van der Waals surface area contributed by atoms with E-state index in [0.717, 1.165) is 128 Å². The van der Waals surface area contributed by atoms with E-state index < -0.39 is 0 Å². The number of amides is 6. The molecule has 2 rings (SSSR count). The first-order valence-corrected chi connectivity index (χ1v) is 27.9. The van der Waals surface area contributed by atoms with Crippen LogP contribution in [-0.2, 0) is 9.59 Å². The summed E-state index contributed by atoms with van der Waals surface area (Å²) in [5.74, 6) is 0.145. The van der Waals surface area contributed by atoms with Gasteiger partial charge in [0.25, 0.3) is 23.6 Å². The quantitative estimate of drug-likeness (QED) is 0.0364. The van der Waals surface area contributed by atoms with E-state index in [-0.39, 0.29) is 35.4 Å². The predicted molar refractivity (Wildman–Crippen MR) is 290 cm³/mol. The molecule has 4 atom stereocenters. The van der Waals surface area contributed by atoms with Crippen molar-refractivity contribution in [2.24, 2.45) is 23.7 Å². The maximum absolute atomic E-state index is 13.4. The average Bonchev–Trinajstić information content (AvgIpc) is 3.36. The van der Waals surface area contributed by atoms with Crippen LogP contribution in [0.1, 0.15) is 251 Å². The van der Waals surface area contributed by atoms with Crippen LogP contribution in [0.3, 0.4) is 0 Å².